The van der Waals surface area contributed by atoms with Crippen molar-refractivity contribution in [2.45, 2.75) is 78.6 Å². The monoisotopic (exact) mass is 1120 g/mol. The molecule has 0 atom stereocenters. The molecule has 1 aliphatic heterocycles. The molecule has 4 heterocycles. The fourth-order valence-corrected chi connectivity index (χ4v) is 10.1. The summed E-state index contributed by atoms with van der Waals surface area (Å²) in [5, 5.41) is 2.12. The van der Waals surface area contributed by atoms with Crippen LogP contribution in [0.3, 0.4) is 0 Å². The number of rotatable bonds is 5. The van der Waals surface area contributed by atoms with Gasteiger partial charge in [0, 0.05) is 44.3 Å². The molecule has 0 aliphatic carbocycles. The molecule has 0 amide bonds. The van der Waals surface area contributed by atoms with Gasteiger partial charge < -0.3 is 13.9 Å². The summed E-state index contributed by atoms with van der Waals surface area (Å²) in [6.45, 7) is 19.6. The van der Waals surface area contributed by atoms with Crippen LogP contribution in [0.1, 0.15) is 85.9 Å². The molecular weight excluding hydrogens is 1060 g/mol. The molecular formula is C66H56N4OPt-2. The van der Waals surface area contributed by atoms with Crippen LogP contribution in [0.2, 0.25) is 0 Å². The number of pyridine rings is 1. The van der Waals surface area contributed by atoms with E-state index in [1.807, 2.05) is 45.7 Å². The summed E-state index contributed by atoms with van der Waals surface area (Å²) in [7, 11) is 0. The third-order valence-electron chi connectivity index (χ3n) is 13.9. The van der Waals surface area contributed by atoms with Crippen LogP contribution in [-0.2, 0) is 37.3 Å². The maximum absolute atomic E-state index is 9.47. The van der Waals surface area contributed by atoms with E-state index in [4.69, 9.17) is 13.8 Å². The summed E-state index contributed by atoms with van der Waals surface area (Å²) in [4.78, 5) is 4.89. The van der Waals surface area contributed by atoms with E-state index in [-0.39, 0.29) is 49.5 Å². The second-order valence-corrected chi connectivity index (χ2v) is 21.8. The Morgan fingerprint density at radius 1 is 0.528 bits per heavy atom. The first-order valence-corrected chi connectivity index (χ1v) is 24.3. The molecule has 358 valence electrons. The average Bonchev–Trinajstić information content (AvgIpc) is 4.13. The van der Waals surface area contributed by atoms with Crippen molar-refractivity contribution in [3.63, 3.8) is 0 Å². The number of hydrogen-bond donors (Lipinski definition) is 0. The van der Waals surface area contributed by atoms with Gasteiger partial charge in [-0.3, -0.25) is 4.57 Å². The van der Waals surface area contributed by atoms with Gasteiger partial charge in [0.15, 0.2) is 0 Å². The van der Waals surface area contributed by atoms with Gasteiger partial charge in [-0.25, -0.2) is 4.98 Å². The molecule has 0 bridgehead atoms. The predicted molar refractivity (Wildman–Crippen MR) is 291 cm³/mol. The number of aromatic nitrogens is 4. The van der Waals surface area contributed by atoms with Gasteiger partial charge >= 0.3 is 0 Å². The Morgan fingerprint density at radius 3 is 1.82 bits per heavy atom. The Labute approximate surface area is 444 Å². The molecule has 0 radical (unpaired) electrons. The molecule has 0 saturated carbocycles. The minimum Gasteiger partial charge on any atom is -0.510 e. The molecule has 0 fully saturated rings. The zero-order chi connectivity index (χ0) is 53.3. The van der Waals surface area contributed by atoms with Crippen LogP contribution >= 0.6 is 0 Å². The van der Waals surface area contributed by atoms with Crippen LogP contribution in [-0.4, -0.2) is 14.1 Å². The second-order valence-electron chi connectivity index (χ2n) is 21.8. The van der Waals surface area contributed by atoms with Crippen LogP contribution in [0.4, 0.5) is 0 Å². The van der Waals surface area contributed by atoms with Crippen molar-refractivity contribution in [2.75, 3.05) is 0 Å². The average molecular weight is 1120 g/mol. The molecule has 12 rings (SSSR count). The molecule has 0 unspecified atom stereocenters. The minimum absolute atomic E-state index is 0. The van der Waals surface area contributed by atoms with Crippen LogP contribution in [0.15, 0.2) is 176 Å². The summed E-state index contributed by atoms with van der Waals surface area (Å²) in [5.74, 6) is 1.80. The van der Waals surface area contributed by atoms with Gasteiger partial charge in [-0.05, 0) is 101 Å². The third-order valence-corrected chi connectivity index (χ3v) is 13.9. The van der Waals surface area contributed by atoms with E-state index >= 15 is 0 Å². The van der Waals surface area contributed by atoms with Gasteiger partial charge in [0.1, 0.15) is 5.82 Å². The number of imidazole rings is 1. The van der Waals surface area contributed by atoms with Crippen molar-refractivity contribution in [1.29, 1.82) is 0 Å². The normalized spacial score (nSPS) is 13.4. The van der Waals surface area contributed by atoms with Crippen molar-refractivity contribution in [2.24, 2.45) is 0 Å². The predicted octanol–water partition coefficient (Wildman–Crippen LogP) is 16.5. The van der Waals surface area contributed by atoms with Crippen molar-refractivity contribution < 1.29 is 37.2 Å². The standard InChI is InChI=1S/C66H56N4O.Pt/c1-64(2,3)43-32-33-67-61(38-43)70-58-28-18-17-26-53(58)54-31-30-47(40-60(54)70)71-48-35-44(65(4,5)6)34-46(39-48)68-41-69-62-56(42-20-11-10-12-21-42)36-45(66(7,8)9)37-57(62)52-25-16-14-23-50(52)49-22-13-15-24-51(49)55-27-19-29-59(68)63(55)69;/h10-38H,1-9H3;/q-2;/i10D,11D,12D,20D,21D;. The van der Waals surface area contributed by atoms with Crippen LogP contribution in [0.25, 0.3) is 94.5 Å². The van der Waals surface area contributed by atoms with E-state index in [0.717, 1.165) is 83.2 Å². The molecule has 72 heavy (non-hydrogen) atoms. The third kappa shape index (κ3) is 7.99. The van der Waals surface area contributed by atoms with Crippen molar-refractivity contribution >= 4 is 32.8 Å². The number of ether oxygens (including phenoxy) is 1. The van der Waals surface area contributed by atoms with Crippen molar-refractivity contribution in [3.05, 3.63) is 211 Å². The SMILES string of the molecule is [2H]c1c([2H])c([2H])c(-c2cc(C(C)(C)C)cc3c2-[n+]2[c-]n(-c4[c-]c(Oc5[c-]c6c(cc5)c5ccccc5n6-c5cc(C(C)(C)C)ccn5)cc(C(C)(C)C)c4)c4cccc(c42)-c2ccccc2-c2ccccc2-3)c([2H])c1[2H].[Pt]. The van der Waals surface area contributed by atoms with E-state index in [1.165, 1.54) is 5.56 Å². The smallest absolute Gasteiger partial charge is 0.268 e. The van der Waals surface area contributed by atoms with E-state index in [1.54, 1.807) is 0 Å². The van der Waals surface area contributed by atoms with E-state index in [2.05, 4.69) is 195 Å². The number of hydrogen-bond acceptors (Lipinski definition) is 2. The molecule has 0 spiro atoms. The van der Waals surface area contributed by atoms with Crippen LogP contribution in [0.5, 0.6) is 11.5 Å². The van der Waals surface area contributed by atoms with E-state index < -0.39 is 23.5 Å². The first-order chi connectivity index (χ1) is 36.2. The minimum atomic E-state index is -0.445. The Morgan fingerprint density at radius 2 is 1.12 bits per heavy atom. The Kier molecular flexibility index (Phi) is 10.0. The molecule has 6 heteroatoms. The topological polar surface area (TPSA) is 35.9 Å². The Balaban J connectivity index is 0.00000631. The molecule has 8 aromatic carbocycles. The second kappa shape index (κ2) is 17.5. The summed E-state index contributed by atoms with van der Waals surface area (Å²) in [6, 6.07) is 53.6. The molecule has 0 N–H and O–H groups in total. The van der Waals surface area contributed by atoms with E-state index in [0.29, 0.717) is 28.4 Å². The first-order valence-electron chi connectivity index (χ1n) is 26.8. The molecule has 3 aromatic heterocycles. The molecule has 5 nitrogen and oxygen atoms in total. The number of nitrogens with zero attached hydrogens (tertiary/aromatic N) is 4. The quantitative estimate of drug-likeness (QED) is 0.127. The van der Waals surface area contributed by atoms with Crippen LogP contribution < -0.4 is 9.30 Å². The summed E-state index contributed by atoms with van der Waals surface area (Å²) in [5.41, 5.74) is 13.4. The Bertz CT molecular complexity index is 4200. The summed E-state index contributed by atoms with van der Waals surface area (Å²) < 4.78 is 58.6. The Hall–Kier alpha value is -7.33. The number of fused-ring (bicyclic) bond motifs is 10. The van der Waals surface area contributed by atoms with Gasteiger partial charge in [-0.2, -0.15) is 17.7 Å². The summed E-state index contributed by atoms with van der Waals surface area (Å²) >= 11 is 0. The fourth-order valence-electron chi connectivity index (χ4n) is 10.1. The number of benzene rings is 8. The van der Waals surface area contributed by atoms with E-state index in [9.17, 15) is 2.74 Å². The maximum Gasteiger partial charge on any atom is 0.268 e. The summed E-state index contributed by atoms with van der Waals surface area (Å²) in [6.07, 6.45) is 5.71. The zero-order valence-electron chi connectivity index (χ0n) is 46.9. The molecule has 11 aromatic rings. The molecule has 0 saturated heterocycles. The van der Waals surface area contributed by atoms with Crippen molar-refractivity contribution in [1.82, 2.24) is 14.1 Å². The van der Waals surface area contributed by atoms with Crippen LogP contribution in [0, 0.1) is 18.5 Å². The fraction of sp³-hybridized carbons (Fsp3) is 0.182. The van der Waals surface area contributed by atoms with Gasteiger partial charge in [-0.15, -0.1) is 29.7 Å². The largest absolute Gasteiger partial charge is 0.510 e. The molecule has 1 aliphatic rings. The first kappa shape index (κ1) is 41.3. The van der Waals surface area contributed by atoms with Gasteiger partial charge in [-0.1, -0.05) is 195 Å². The van der Waals surface area contributed by atoms with Crippen molar-refractivity contribution in [3.8, 4) is 73.2 Å². The van der Waals surface area contributed by atoms with Gasteiger partial charge in [0.05, 0.1) is 23.6 Å². The zero-order valence-corrected chi connectivity index (χ0v) is 44.1. The maximum atomic E-state index is 9.47. The number of para-hydroxylation sites is 2. The van der Waals surface area contributed by atoms with Gasteiger partial charge in [0.2, 0.25) is 0 Å². The van der Waals surface area contributed by atoms with Gasteiger partial charge in [0.25, 0.3) is 6.33 Å².